The first-order valence-electron chi connectivity index (χ1n) is 15.8. The van der Waals surface area contributed by atoms with Crippen LogP contribution in [-0.2, 0) is 23.9 Å². The average Bonchev–Trinajstić information content (AvgIpc) is 3.28. The Bertz CT molecular complexity index is 1690. The van der Waals surface area contributed by atoms with Gasteiger partial charge in [0.05, 0.1) is 16.8 Å². The number of para-hydroxylation sites is 1. The third-order valence-corrected chi connectivity index (χ3v) is 9.31. The number of rotatable bonds is 10. The Kier molecular flexibility index (Phi) is 9.84. The largest absolute Gasteiger partial charge is 0.416 e. The van der Waals surface area contributed by atoms with Gasteiger partial charge in [0.1, 0.15) is 6.04 Å². The fourth-order valence-electron chi connectivity index (χ4n) is 6.77. The first-order valence-corrected chi connectivity index (χ1v) is 16.2. The summed E-state index contributed by atoms with van der Waals surface area (Å²) in [4.78, 5) is 30.1. The number of benzene rings is 4. The van der Waals surface area contributed by atoms with Crippen LogP contribution < -0.4 is 16.0 Å². The van der Waals surface area contributed by atoms with Gasteiger partial charge in [0, 0.05) is 41.8 Å². The topological polar surface area (TPSA) is 73.5 Å². The van der Waals surface area contributed by atoms with Crippen molar-refractivity contribution in [1.29, 1.82) is 0 Å². The summed E-state index contributed by atoms with van der Waals surface area (Å²) in [5.41, 5.74) is 2.03. The SMILES string of the molecule is O=C(N[C@@H](Cc1ccccc1)C(=O)NC1C[C@H]2CC[C@@H](C1)N2Cc1ccc(Cl)cc1)c1ccccc1Nc1cccc(C(F)(F)F)c1. The maximum Gasteiger partial charge on any atom is 0.416 e. The third kappa shape index (κ3) is 8.15. The zero-order chi connectivity index (χ0) is 33.0. The van der Waals surface area contributed by atoms with E-state index in [0.717, 1.165) is 49.9 Å². The van der Waals surface area contributed by atoms with Crippen molar-refractivity contribution in [1.82, 2.24) is 15.5 Å². The minimum atomic E-state index is -4.50. The van der Waals surface area contributed by atoms with Gasteiger partial charge in [-0.1, -0.05) is 72.3 Å². The highest BCUT2D eigenvalue weighted by Gasteiger charge is 2.41. The Hall–Kier alpha value is -4.34. The molecule has 4 aromatic rings. The van der Waals surface area contributed by atoms with Gasteiger partial charge in [0.2, 0.25) is 5.91 Å². The van der Waals surface area contributed by atoms with Crippen molar-refractivity contribution < 1.29 is 22.8 Å². The predicted octanol–water partition coefficient (Wildman–Crippen LogP) is 7.76. The van der Waals surface area contributed by atoms with Crippen LogP contribution in [0.25, 0.3) is 0 Å². The van der Waals surface area contributed by atoms with Crippen LogP contribution in [0.5, 0.6) is 0 Å². The van der Waals surface area contributed by atoms with Crippen molar-refractivity contribution in [2.24, 2.45) is 0 Å². The van der Waals surface area contributed by atoms with Gasteiger partial charge in [-0.05, 0) is 79.3 Å². The lowest BCUT2D eigenvalue weighted by molar-refractivity contribution is -0.137. The number of nitrogens with zero attached hydrogens (tertiary/aromatic N) is 1. The van der Waals surface area contributed by atoms with E-state index in [1.165, 1.54) is 17.7 Å². The zero-order valence-corrected chi connectivity index (χ0v) is 26.4. The van der Waals surface area contributed by atoms with Crippen molar-refractivity contribution in [3.63, 3.8) is 0 Å². The molecule has 2 bridgehead atoms. The molecule has 0 saturated carbocycles. The van der Waals surface area contributed by atoms with Gasteiger partial charge in [-0.2, -0.15) is 13.2 Å². The highest BCUT2D eigenvalue weighted by Crippen LogP contribution is 2.37. The van der Waals surface area contributed by atoms with Gasteiger partial charge >= 0.3 is 6.18 Å². The molecule has 1 unspecified atom stereocenters. The van der Waals surface area contributed by atoms with E-state index in [4.69, 9.17) is 11.6 Å². The first kappa shape index (κ1) is 32.6. The lowest BCUT2D eigenvalue weighted by Crippen LogP contribution is -2.55. The van der Waals surface area contributed by atoms with Crippen molar-refractivity contribution in [3.8, 4) is 0 Å². The molecule has 2 fully saturated rings. The Morgan fingerprint density at radius 1 is 0.830 bits per heavy atom. The van der Waals surface area contributed by atoms with Gasteiger partial charge in [-0.3, -0.25) is 14.5 Å². The standard InChI is InChI=1S/C37H36ClF3N4O2/c38-27-15-13-25(14-16-27)23-45-30-17-18-31(45)22-29(21-30)43-36(47)34(19-24-7-2-1-3-8-24)44-35(46)32-11-4-5-12-33(32)42-28-10-6-9-26(20-28)37(39,40)41/h1-16,20,29-31,34,42H,17-19,21-23H2,(H,43,47)(H,44,46)/t29?,30-,31+,34-/m0/s1. The van der Waals surface area contributed by atoms with Gasteiger partial charge in [0.15, 0.2) is 0 Å². The Labute approximate surface area is 277 Å². The highest BCUT2D eigenvalue weighted by molar-refractivity contribution is 6.30. The molecule has 0 aromatic heterocycles. The van der Waals surface area contributed by atoms with Crippen molar-refractivity contribution in [2.45, 2.75) is 69.0 Å². The monoisotopic (exact) mass is 660 g/mol. The van der Waals surface area contributed by atoms with Crippen molar-refractivity contribution in [2.75, 3.05) is 5.32 Å². The number of halogens is 4. The van der Waals surface area contributed by atoms with Crippen LogP contribution in [-0.4, -0.2) is 40.9 Å². The number of carbonyl (C=O) groups excluding carboxylic acids is 2. The number of hydrogen-bond donors (Lipinski definition) is 3. The number of alkyl halides is 3. The highest BCUT2D eigenvalue weighted by atomic mass is 35.5. The summed E-state index contributed by atoms with van der Waals surface area (Å²) in [6, 6.07) is 28.6. The maximum absolute atomic E-state index is 13.9. The van der Waals surface area contributed by atoms with E-state index in [0.29, 0.717) is 22.8 Å². The minimum Gasteiger partial charge on any atom is -0.355 e. The molecule has 2 heterocycles. The normalized spacial score (nSPS) is 20.0. The Balaban J connectivity index is 1.15. The lowest BCUT2D eigenvalue weighted by atomic mass is 9.95. The van der Waals surface area contributed by atoms with E-state index in [9.17, 15) is 22.8 Å². The number of amides is 2. The number of anilines is 2. The molecule has 0 spiro atoms. The van der Waals surface area contributed by atoms with Gasteiger partial charge in [0.25, 0.3) is 5.91 Å². The Morgan fingerprint density at radius 2 is 1.51 bits per heavy atom. The molecule has 244 valence electrons. The minimum absolute atomic E-state index is 0.0218. The molecule has 2 saturated heterocycles. The summed E-state index contributed by atoms with van der Waals surface area (Å²) in [6.45, 7) is 0.841. The van der Waals surface area contributed by atoms with E-state index in [2.05, 4.69) is 33.0 Å². The van der Waals surface area contributed by atoms with Crippen LogP contribution in [0.1, 0.15) is 52.7 Å². The fourth-order valence-corrected chi connectivity index (χ4v) is 6.89. The summed E-state index contributed by atoms with van der Waals surface area (Å²) in [7, 11) is 0. The predicted molar refractivity (Wildman–Crippen MR) is 178 cm³/mol. The zero-order valence-electron chi connectivity index (χ0n) is 25.6. The molecule has 6 nitrogen and oxygen atoms in total. The number of piperidine rings is 1. The van der Waals surface area contributed by atoms with E-state index in [1.54, 1.807) is 24.3 Å². The molecule has 0 radical (unpaired) electrons. The molecule has 10 heteroatoms. The Morgan fingerprint density at radius 3 is 2.21 bits per heavy atom. The van der Waals surface area contributed by atoms with Crippen LogP contribution in [0.2, 0.25) is 5.02 Å². The fraction of sp³-hybridized carbons (Fsp3) is 0.297. The molecule has 4 atom stereocenters. The number of nitrogens with one attached hydrogen (secondary N) is 3. The molecular weight excluding hydrogens is 625 g/mol. The molecule has 2 amide bonds. The molecule has 0 aliphatic carbocycles. The summed E-state index contributed by atoms with van der Waals surface area (Å²) < 4.78 is 39.9. The van der Waals surface area contributed by atoms with E-state index < -0.39 is 23.7 Å². The van der Waals surface area contributed by atoms with Gasteiger partial charge < -0.3 is 16.0 Å². The molecular formula is C37H36ClF3N4O2. The van der Waals surface area contributed by atoms with Crippen LogP contribution in [0, 0.1) is 0 Å². The van der Waals surface area contributed by atoms with Crippen molar-refractivity contribution >= 4 is 34.8 Å². The van der Waals surface area contributed by atoms with Gasteiger partial charge in [-0.15, -0.1) is 0 Å². The second-order valence-corrected chi connectivity index (χ2v) is 12.8. The number of fused-ring (bicyclic) bond motifs is 2. The first-order chi connectivity index (χ1) is 22.6. The van der Waals surface area contributed by atoms with E-state index in [-0.39, 0.29) is 29.6 Å². The van der Waals surface area contributed by atoms with Crippen molar-refractivity contribution in [3.05, 3.63) is 130 Å². The number of carbonyl (C=O) groups is 2. The van der Waals surface area contributed by atoms with Crippen LogP contribution in [0.4, 0.5) is 24.5 Å². The summed E-state index contributed by atoms with van der Waals surface area (Å²) in [5, 5.41) is 9.83. The third-order valence-electron chi connectivity index (χ3n) is 9.05. The lowest BCUT2D eigenvalue weighted by Gasteiger charge is -2.39. The summed E-state index contributed by atoms with van der Waals surface area (Å²) in [5.74, 6) is -0.768. The maximum atomic E-state index is 13.9. The average molecular weight is 661 g/mol. The quantitative estimate of drug-likeness (QED) is 0.163. The van der Waals surface area contributed by atoms with E-state index >= 15 is 0 Å². The van der Waals surface area contributed by atoms with Crippen LogP contribution in [0.15, 0.2) is 103 Å². The molecule has 2 aliphatic heterocycles. The molecule has 3 N–H and O–H groups in total. The second-order valence-electron chi connectivity index (χ2n) is 12.3. The summed E-state index contributed by atoms with van der Waals surface area (Å²) in [6.07, 6.45) is -0.421. The van der Waals surface area contributed by atoms with Gasteiger partial charge in [-0.25, -0.2) is 0 Å². The molecule has 2 aliphatic rings. The number of hydrogen-bond acceptors (Lipinski definition) is 4. The smallest absolute Gasteiger partial charge is 0.355 e. The van der Waals surface area contributed by atoms with E-state index in [1.807, 2.05) is 42.5 Å². The molecule has 4 aromatic carbocycles. The molecule has 6 rings (SSSR count). The van der Waals surface area contributed by atoms with Crippen LogP contribution >= 0.6 is 11.6 Å². The molecule has 47 heavy (non-hydrogen) atoms. The summed E-state index contributed by atoms with van der Waals surface area (Å²) >= 11 is 6.08. The second kappa shape index (κ2) is 14.2. The van der Waals surface area contributed by atoms with Crippen LogP contribution in [0.3, 0.4) is 0 Å².